The van der Waals surface area contributed by atoms with E-state index in [1.807, 2.05) is 20.8 Å². The lowest BCUT2D eigenvalue weighted by Crippen LogP contribution is -2.49. The second-order valence-corrected chi connectivity index (χ2v) is 7.18. The minimum absolute atomic E-state index is 0.0149. The molecule has 0 aromatic rings. The molecule has 4 nitrogen and oxygen atoms in total. The minimum atomic E-state index is -0.418. The molecular formula is C15H28N2O2. The molecule has 110 valence electrons. The van der Waals surface area contributed by atoms with Gasteiger partial charge in [-0.15, -0.1) is 0 Å². The van der Waals surface area contributed by atoms with Gasteiger partial charge in [-0.2, -0.15) is 0 Å². The van der Waals surface area contributed by atoms with E-state index in [4.69, 9.17) is 4.74 Å². The highest BCUT2D eigenvalue weighted by molar-refractivity contribution is 5.68. The summed E-state index contributed by atoms with van der Waals surface area (Å²) in [6.45, 7) is 7.95. The van der Waals surface area contributed by atoms with E-state index in [0.717, 1.165) is 32.4 Å². The average molecular weight is 268 g/mol. The number of nitrogens with one attached hydrogen (secondary N) is 2. The van der Waals surface area contributed by atoms with Gasteiger partial charge in [-0.1, -0.05) is 12.8 Å². The smallest absolute Gasteiger partial charge is 0.408 e. The number of carbonyl (C=O) groups is 1. The van der Waals surface area contributed by atoms with E-state index in [0.29, 0.717) is 5.92 Å². The number of hydrogen-bond donors (Lipinski definition) is 2. The van der Waals surface area contributed by atoms with Gasteiger partial charge in [-0.3, -0.25) is 0 Å². The standard InChI is InChI=1S/C15H28N2O2/c1-14(2,3)19-13(18)17-15(7-4-5-8-15)10-12-6-9-16-11-12/h12,16H,4-11H2,1-3H3,(H,17,18). The first-order valence-corrected chi connectivity index (χ1v) is 7.60. The molecule has 1 heterocycles. The normalized spacial score (nSPS) is 26.4. The fraction of sp³-hybridized carbons (Fsp3) is 0.933. The third-order valence-corrected chi connectivity index (χ3v) is 4.17. The lowest BCUT2D eigenvalue weighted by molar-refractivity contribution is 0.0441. The third kappa shape index (κ3) is 4.37. The van der Waals surface area contributed by atoms with Crippen LogP contribution in [0, 0.1) is 5.92 Å². The average Bonchev–Trinajstić information content (AvgIpc) is 2.87. The number of carbonyl (C=O) groups excluding carboxylic acids is 1. The van der Waals surface area contributed by atoms with E-state index in [2.05, 4.69) is 10.6 Å². The summed E-state index contributed by atoms with van der Waals surface area (Å²) in [6.07, 6.45) is 6.72. The van der Waals surface area contributed by atoms with Crippen LogP contribution in [-0.2, 0) is 4.74 Å². The van der Waals surface area contributed by atoms with Crippen molar-refractivity contribution in [3.8, 4) is 0 Å². The van der Waals surface area contributed by atoms with E-state index >= 15 is 0 Å². The van der Waals surface area contributed by atoms with Crippen LogP contribution in [0.2, 0.25) is 0 Å². The van der Waals surface area contributed by atoms with Crippen molar-refractivity contribution in [3.05, 3.63) is 0 Å². The minimum Gasteiger partial charge on any atom is -0.444 e. The molecule has 1 unspecified atom stereocenters. The molecule has 1 aliphatic heterocycles. The second-order valence-electron chi connectivity index (χ2n) is 7.18. The Labute approximate surface area is 116 Å². The van der Waals surface area contributed by atoms with Gasteiger partial charge in [-0.05, 0) is 65.5 Å². The quantitative estimate of drug-likeness (QED) is 0.827. The van der Waals surface area contributed by atoms with E-state index in [1.165, 1.54) is 19.3 Å². The SMILES string of the molecule is CC(C)(C)OC(=O)NC1(CC2CCNC2)CCCC1. The highest BCUT2D eigenvalue weighted by Gasteiger charge is 2.39. The molecule has 1 atom stereocenters. The number of alkyl carbamates (subject to hydrolysis) is 1. The van der Waals surface area contributed by atoms with E-state index in [9.17, 15) is 4.79 Å². The predicted molar refractivity (Wildman–Crippen MR) is 76.2 cm³/mol. The zero-order valence-electron chi connectivity index (χ0n) is 12.6. The first kappa shape index (κ1) is 14.6. The molecule has 2 fully saturated rings. The monoisotopic (exact) mass is 268 g/mol. The summed E-state index contributed by atoms with van der Waals surface area (Å²) in [5.41, 5.74) is -0.433. The van der Waals surface area contributed by atoms with Crippen LogP contribution in [0.5, 0.6) is 0 Å². The molecule has 0 radical (unpaired) electrons. The van der Waals surface area contributed by atoms with Gasteiger partial charge >= 0.3 is 6.09 Å². The molecule has 0 aromatic carbocycles. The lowest BCUT2D eigenvalue weighted by atomic mass is 9.85. The summed E-state index contributed by atoms with van der Waals surface area (Å²) >= 11 is 0. The Morgan fingerprint density at radius 1 is 1.37 bits per heavy atom. The Balaban J connectivity index is 1.93. The summed E-state index contributed by atoms with van der Waals surface area (Å²) < 4.78 is 5.42. The molecular weight excluding hydrogens is 240 g/mol. The summed E-state index contributed by atoms with van der Waals surface area (Å²) in [5.74, 6) is 0.702. The van der Waals surface area contributed by atoms with Crippen LogP contribution in [0.25, 0.3) is 0 Å². The van der Waals surface area contributed by atoms with Crippen molar-refractivity contribution >= 4 is 6.09 Å². The predicted octanol–water partition coefficient (Wildman–Crippen LogP) is 2.82. The molecule has 2 aliphatic rings. The van der Waals surface area contributed by atoms with Gasteiger partial charge < -0.3 is 15.4 Å². The van der Waals surface area contributed by atoms with Crippen LogP contribution in [-0.4, -0.2) is 30.3 Å². The Morgan fingerprint density at radius 2 is 2.05 bits per heavy atom. The molecule has 1 saturated heterocycles. The van der Waals surface area contributed by atoms with Crippen LogP contribution >= 0.6 is 0 Å². The Bertz CT molecular complexity index is 311. The highest BCUT2D eigenvalue weighted by atomic mass is 16.6. The van der Waals surface area contributed by atoms with Crippen molar-refractivity contribution in [1.82, 2.24) is 10.6 Å². The largest absolute Gasteiger partial charge is 0.444 e. The maximum Gasteiger partial charge on any atom is 0.408 e. The Morgan fingerprint density at radius 3 is 2.58 bits per heavy atom. The summed E-state index contributed by atoms with van der Waals surface area (Å²) in [7, 11) is 0. The van der Waals surface area contributed by atoms with E-state index < -0.39 is 5.60 Å². The van der Waals surface area contributed by atoms with Crippen molar-refractivity contribution in [2.45, 2.75) is 70.4 Å². The van der Waals surface area contributed by atoms with Crippen LogP contribution in [0.1, 0.15) is 59.3 Å². The van der Waals surface area contributed by atoms with Gasteiger partial charge in [0, 0.05) is 5.54 Å². The van der Waals surface area contributed by atoms with Crippen molar-refractivity contribution < 1.29 is 9.53 Å². The fourth-order valence-corrected chi connectivity index (χ4v) is 3.39. The molecule has 0 bridgehead atoms. The zero-order chi connectivity index (χ0) is 13.9. The summed E-state index contributed by atoms with van der Waals surface area (Å²) in [6, 6.07) is 0. The molecule has 19 heavy (non-hydrogen) atoms. The lowest BCUT2D eigenvalue weighted by Gasteiger charge is -2.33. The first-order valence-electron chi connectivity index (χ1n) is 7.60. The maximum absolute atomic E-state index is 12.0. The van der Waals surface area contributed by atoms with Crippen LogP contribution in [0.4, 0.5) is 4.79 Å². The van der Waals surface area contributed by atoms with Gasteiger partial charge in [0.2, 0.25) is 0 Å². The molecule has 1 saturated carbocycles. The van der Waals surface area contributed by atoms with E-state index in [-0.39, 0.29) is 11.6 Å². The number of hydrogen-bond acceptors (Lipinski definition) is 3. The van der Waals surface area contributed by atoms with Crippen LogP contribution in [0.15, 0.2) is 0 Å². The summed E-state index contributed by atoms with van der Waals surface area (Å²) in [5, 5.41) is 6.60. The molecule has 1 amide bonds. The van der Waals surface area contributed by atoms with Crippen molar-refractivity contribution in [1.29, 1.82) is 0 Å². The number of amides is 1. The van der Waals surface area contributed by atoms with Crippen molar-refractivity contribution in [2.75, 3.05) is 13.1 Å². The molecule has 0 spiro atoms. The molecule has 4 heteroatoms. The molecule has 2 rings (SSSR count). The number of rotatable bonds is 3. The zero-order valence-corrected chi connectivity index (χ0v) is 12.6. The van der Waals surface area contributed by atoms with Crippen LogP contribution < -0.4 is 10.6 Å². The second kappa shape index (κ2) is 5.70. The third-order valence-electron chi connectivity index (χ3n) is 4.17. The van der Waals surface area contributed by atoms with Crippen molar-refractivity contribution in [2.24, 2.45) is 5.92 Å². The van der Waals surface area contributed by atoms with Gasteiger partial charge in [-0.25, -0.2) is 4.79 Å². The first-order chi connectivity index (χ1) is 8.89. The fourth-order valence-electron chi connectivity index (χ4n) is 3.39. The molecule has 0 aromatic heterocycles. The van der Waals surface area contributed by atoms with Gasteiger partial charge in [0.05, 0.1) is 0 Å². The summed E-state index contributed by atoms with van der Waals surface area (Å²) in [4.78, 5) is 12.0. The van der Waals surface area contributed by atoms with Gasteiger partial charge in [0.1, 0.15) is 5.60 Å². The molecule has 1 aliphatic carbocycles. The Hall–Kier alpha value is -0.770. The van der Waals surface area contributed by atoms with Gasteiger partial charge in [0.15, 0.2) is 0 Å². The maximum atomic E-state index is 12.0. The van der Waals surface area contributed by atoms with Crippen LogP contribution in [0.3, 0.4) is 0 Å². The Kier molecular flexibility index (Phi) is 4.39. The van der Waals surface area contributed by atoms with E-state index in [1.54, 1.807) is 0 Å². The van der Waals surface area contributed by atoms with Crippen molar-refractivity contribution in [3.63, 3.8) is 0 Å². The number of ether oxygens (including phenoxy) is 1. The molecule has 2 N–H and O–H groups in total. The highest BCUT2D eigenvalue weighted by Crippen LogP contribution is 2.36. The van der Waals surface area contributed by atoms with Gasteiger partial charge in [0.25, 0.3) is 0 Å². The topological polar surface area (TPSA) is 50.4 Å².